The summed E-state index contributed by atoms with van der Waals surface area (Å²) in [7, 11) is 1.77. The summed E-state index contributed by atoms with van der Waals surface area (Å²) in [5.41, 5.74) is 0.286. The highest BCUT2D eigenvalue weighted by Gasteiger charge is 2.21. The summed E-state index contributed by atoms with van der Waals surface area (Å²) in [6.45, 7) is 9.85. The van der Waals surface area contributed by atoms with Crippen molar-refractivity contribution in [2.24, 2.45) is 0 Å². The van der Waals surface area contributed by atoms with Crippen LogP contribution in [0.15, 0.2) is 11.1 Å². The van der Waals surface area contributed by atoms with Crippen LogP contribution in [0.5, 0.6) is 0 Å². The van der Waals surface area contributed by atoms with E-state index >= 15 is 0 Å². The Kier molecular flexibility index (Phi) is 6.43. The number of likely N-dealkylation sites (N-methyl/N-ethyl adjacent to an activating group) is 2. The first-order chi connectivity index (χ1) is 13.0. The summed E-state index contributed by atoms with van der Waals surface area (Å²) in [6, 6.07) is 0. The standard InChI is InChI=1S/C18H28N6O2S/c1-4-6-7-21(3)14(25)12-24-13-19-16-15(17(24)26)27-18(20-16)23-10-8-22(5-2)9-11-23/h13H,4-12H2,1-3H3. The average Bonchev–Trinajstić information content (AvgIpc) is 3.13. The van der Waals surface area contributed by atoms with Gasteiger partial charge in [-0.25, -0.2) is 4.98 Å². The van der Waals surface area contributed by atoms with Gasteiger partial charge in [-0.2, -0.15) is 4.98 Å². The maximum Gasteiger partial charge on any atom is 0.273 e. The minimum absolute atomic E-state index is 0.0182. The number of amides is 1. The number of hydrogen-bond acceptors (Lipinski definition) is 7. The van der Waals surface area contributed by atoms with Gasteiger partial charge in [0.05, 0.1) is 0 Å². The lowest BCUT2D eigenvalue weighted by molar-refractivity contribution is -0.130. The number of anilines is 1. The van der Waals surface area contributed by atoms with E-state index in [2.05, 4.69) is 33.6 Å². The van der Waals surface area contributed by atoms with E-state index < -0.39 is 0 Å². The van der Waals surface area contributed by atoms with Crippen LogP contribution in [-0.4, -0.2) is 76.6 Å². The molecule has 0 radical (unpaired) electrons. The van der Waals surface area contributed by atoms with Crippen molar-refractivity contribution in [1.82, 2.24) is 24.3 Å². The number of hydrogen-bond donors (Lipinski definition) is 0. The second-order valence-electron chi connectivity index (χ2n) is 6.92. The first-order valence-electron chi connectivity index (χ1n) is 9.60. The van der Waals surface area contributed by atoms with Crippen LogP contribution in [0.4, 0.5) is 5.13 Å². The molecule has 0 bridgehead atoms. The normalized spacial score (nSPS) is 15.4. The maximum atomic E-state index is 12.8. The van der Waals surface area contributed by atoms with Crippen molar-refractivity contribution in [3.05, 3.63) is 16.7 Å². The molecule has 1 aliphatic rings. The van der Waals surface area contributed by atoms with Gasteiger partial charge >= 0.3 is 0 Å². The molecule has 148 valence electrons. The topological polar surface area (TPSA) is 74.6 Å². The minimum atomic E-state index is -0.187. The highest BCUT2D eigenvalue weighted by molar-refractivity contribution is 7.22. The monoisotopic (exact) mass is 392 g/mol. The van der Waals surface area contributed by atoms with Crippen molar-refractivity contribution < 1.29 is 4.79 Å². The van der Waals surface area contributed by atoms with E-state index in [9.17, 15) is 9.59 Å². The molecule has 9 heteroatoms. The Morgan fingerprint density at radius 2 is 2.00 bits per heavy atom. The van der Waals surface area contributed by atoms with Gasteiger partial charge in [0.25, 0.3) is 5.56 Å². The molecule has 0 unspecified atom stereocenters. The molecule has 1 fully saturated rings. The molecule has 1 aliphatic heterocycles. The first kappa shape index (κ1) is 19.8. The average molecular weight is 393 g/mol. The van der Waals surface area contributed by atoms with Crippen molar-refractivity contribution >= 4 is 32.7 Å². The Morgan fingerprint density at radius 3 is 2.67 bits per heavy atom. The van der Waals surface area contributed by atoms with E-state index in [-0.39, 0.29) is 18.0 Å². The third-order valence-corrected chi connectivity index (χ3v) is 6.13. The zero-order chi connectivity index (χ0) is 19.4. The van der Waals surface area contributed by atoms with Crippen molar-refractivity contribution in [2.75, 3.05) is 51.2 Å². The number of aromatic nitrogens is 3. The molecule has 8 nitrogen and oxygen atoms in total. The molecule has 2 aromatic rings. The zero-order valence-electron chi connectivity index (χ0n) is 16.3. The molecule has 0 N–H and O–H groups in total. The van der Waals surface area contributed by atoms with Crippen molar-refractivity contribution in [3.8, 4) is 0 Å². The predicted octanol–water partition coefficient (Wildman–Crippen LogP) is 1.25. The third-order valence-electron chi connectivity index (χ3n) is 5.04. The smallest absolute Gasteiger partial charge is 0.273 e. The molecule has 1 saturated heterocycles. The predicted molar refractivity (Wildman–Crippen MR) is 109 cm³/mol. The van der Waals surface area contributed by atoms with Crippen LogP contribution in [0.2, 0.25) is 0 Å². The van der Waals surface area contributed by atoms with Gasteiger partial charge in [-0.3, -0.25) is 14.2 Å². The summed E-state index contributed by atoms with van der Waals surface area (Å²) < 4.78 is 1.92. The zero-order valence-corrected chi connectivity index (χ0v) is 17.2. The van der Waals surface area contributed by atoms with E-state index in [0.29, 0.717) is 16.9 Å². The first-order valence-corrected chi connectivity index (χ1v) is 10.4. The number of piperazine rings is 1. The van der Waals surface area contributed by atoms with Gasteiger partial charge in [-0.05, 0) is 13.0 Å². The van der Waals surface area contributed by atoms with E-state index in [1.807, 2.05) is 0 Å². The second kappa shape index (κ2) is 8.79. The lowest BCUT2D eigenvalue weighted by atomic mass is 10.3. The van der Waals surface area contributed by atoms with Crippen LogP contribution in [0, 0.1) is 0 Å². The molecule has 1 amide bonds. The van der Waals surface area contributed by atoms with Crippen LogP contribution in [-0.2, 0) is 11.3 Å². The number of thiazole rings is 1. The fraction of sp³-hybridized carbons (Fsp3) is 0.667. The number of nitrogens with zero attached hydrogens (tertiary/aromatic N) is 6. The van der Waals surface area contributed by atoms with Gasteiger partial charge in [0.2, 0.25) is 5.91 Å². The van der Waals surface area contributed by atoms with Crippen LogP contribution >= 0.6 is 11.3 Å². The van der Waals surface area contributed by atoms with Gasteiger partial charge in [0.1, 0.15) is 17.6 Å². The fourth-order valence-electron chi connectivity index (χ4n) is 3.12. The number of unbranched alkanes of at least 4 members (excludes halogenated alkanes) is 1. The van der Waals surface area contributed by atoms with E-state index in [4.69, 9.17) is 0 Å². The number of fused-ring (bicyclic) bond motifs is 1. The summed E-state index contributed by atoms with van der Waals surface area (Å²) in [5.74, 6) is -0.0767. The quantitative estimate of drug-likeness (QED) is 0.706. The molecule has 27 heavy (non-hydrogen) atoms. The third kappa shape index (κ3) is 4.47. The fourth-order valence-corrected chi connectivity index (χ4v) is 4.15. The van der Waals surface area contributed by atoms with E-state index in [1.54, 1.807) is 11.9 Å². The van der Waals surface area contributed by atoms with Crippen LogP contribution in [0.25, 0.3) is 10.3 Å². The lowest BCUT2D eigenvalue weighted by Gasteiger charge is -2.33. The molecule has 0 saturated carbocycles. The van der Waals surface area contributed by atoms with Gasteiger partial charge in [-0.1, -0.05) is 31.6 Å². The van der Waals surface area contributed by atoms with Gasteiger partial charge < -0.3 is 14.7 Å². The second-order valence-corrected chi connectivity index (χ2v) is 7.89. The van der Waals surface area contributed by atoms with E-state index in [1.165, 1.54) is 22.2 Å². The van der Waals surface area contributed by atoms with Gasteiger partial charge in [0.15, 0.2) is 10.8 Å². The summed E-state index contributed by atoms with van der Waals surface area (Å²) in [6.07, 6.45) is 3.42. The van der Waals surface area contributed by atoms with Crippen LogP contribution in [0.1, 0.15) is 26.7 Å². The van der Waals surface area contributed by atoms with Gasteiger partial charge in [0, 0.05) is 39.8 Å². The Bertz CT molecular complexity index is 840. The maximum absolute atomic E-state index is 12.8. The molecular weight excluding hydrogens is 364 g/mol. The summed E-state index contributed by atoms with van der Waals surface area (Å²) >= 11 is 1.38. The Balaban J connectivity index is 1.75. The largest absolute Gasteiger partial charge is 0.345 e. The highest BCUT2D eigenvalue weighted by atomic mass is 32.1. The van der Waals surface area contributed by atoms with Gasteiger partial charge in [-0.15, -0.1) is 0 Å². The molecule has 3 rings (SSSR count). The van der Waals surface area contributed by atoms with Crippen molar-refractivity contribution in [1.29, 1.82) is 0 Å². The Morgan fingerprint density at radius 1 is 1.26 bits per heavy atom. The highest BCUT2D eigenvalue weighted by Crippen LogP contribution is 2.26. The number of carbonyl (C=O) groups excluding carboxylic acids is 1. The Labute approximate surface area is 163 Å². The minimum Gasteiger partial charge on any atom is -0.345 e. The SMILES string of the molecule is CCCCN(C)C(=O)Cn1cnc2nc(N3CCN(CC)CC3)sc2c1=O. The molecular formula is C18H28N6O2S. The number of carbonyl (C=O) groups is 1. The molecule has 0 atom stereocenters. The summed E-state index contributed by atoms with van der Waals surface area (Å²) in [4.78, 5) is 40.3. The molecule has 0 spiro atoms. The molecule has 0 aliphatic carbocycles. The van der Waals surface area contributed by atoms with Crippen molar-refractivity contribution in [3.63, 3.8) is 0 Å². The molecule has 2 aromatic heterocycles. The van der Waals surface area contributed by atoms with E-state index in [0.717, 1.165) is 50.7 Å². The molecule has 3 heterocycles. The number of rotatable bonds is 7. The lowest BCUT2D eigenvalue weighted by Crippen LogP contribution is -2.46. The Hall–Kier alpha value is -2.00. The van der Waals surface area contributed by atoms with Crippen molar-refractivity contribution in [2.45, 2.75) is 33.2 Å². The summed E-state index contributed by atoms with van der Waals surface area (Å²) in [5, 5.41) is 0.842. The van der Waals surface area contributed by atoms with Crippen LogP contribution < -0.4 is 10.5 Å². The molecule has 0 aromatic carbocycles. The van der Waals surface area contributed by atoms with Crippen LogP contribution in [0.3, 0.4) is 0 Å².